The van der Waals surface area contributed by atoms with Gasteiger partial charge in [0.2, 0.25) is 0 Å². The van der Waals surface area contributed by atoms with Crippen LogP contribution in [0.1, 0.15) is 39.9 Å². The summed E-state index contributed by atoms with van der Waals surface area (Å²) in [6, 6.07) is 0.601. The Bertz CT molecular complexity index is 526. The van der Waals surface area contributed by atoms with Gasteiger partial charge in [0.25, 0.3) is 0 Å². The first-order chi connectivity index (χ1) is 8.60. The Balaban J connectivity index is 2.72. The first kappa shape index (κ1) is 13.9. The molecule has 0 fully saturated rings. The van der Waals surface area contributed by atoms with E-state index in [-0.39, 0.29) is 30.9 Å². The van der Waals surface area contributed by atoms with Gasteiger partial charge in [0, 0.05) is 12.0 Å². The Labute approximate surface area is 104 Å². The zero-order valence-corrected chi connectivity index (χ0v) is 9.45. The van der Waals surface area contributed by atoms with Gasteiger partial charge in [0.05, 0.1) is 11.1 Å². The van der Waals surface area contributed by atoms with E-state index in [1.807, 2.05) is 0 Å². The van der Waals surface area contributed by atoms with Crippen molar-refractivity contribution in [3.05, 3.63) is 34.4 Å². The molecule has 2 rings (SSSR count). The molecule has 19 heavy (non-hydrogen) atoms. The number of hydrogen-bond acceptors (Lipinski definition) is 1. The van der Waals surface area contributed by atoms with E-state index in [9.17, 15) is 31.1 Å². The van der Waals surface area contributed by atoms with Crippen LogP contribution in [0.25, 0.3) is 0 Å². The molecule has 0 aromatic heterocycles. The number of carbonyl (C=O) groups is 1. The Morgan fingerprint density at radius 3 is 2.05 bits per heavy atom. The number of rotatable bonds is 0. The van der Waals surface area contributed by atoms with E-state index < -0.39 is 34.8 Å². The van der Waals surface area contributed by atoms with Gasteiger partial charge in [-0.2, -0.15) is 26.3 Å². The minimum atomic E-state index is -4.91. The molecule has 0 saturated carbocycles. The summed E-state index contributed by atoms with van der Waals surface area (Å²) in [5.41, 5.74) is -3.57. The fourth-order valence-electron chi connectivity index (χ4n) is 2.17. The number of benzene rings is 1. The second-order valence-electron chi connectivity index (χ2n) is 4.32. The van der Waals surface area contributed by atoms with Crippen LogP contribution in [-0.4, -0.2) is 5.78 Å². The average molecular weight is 282 g/mol. The minimum absolute atomic E-state index is 0.0222. The summed E-state index contributed by atoms with van der Waals surface area (Å²) in [5.74, 6) is -0.669. The molecule has 0 spiro atoms. The summed E-state index contributed by atoms with van der Waals surface area (Å²) in [6.45, 7) is 0. The van der Waals surface area contributed by atoms with Gasteiger partial charge in [-0.1, -0.05) is 0 Å². The second-order valence-corrected chi connectivity index (χ2v) is 4.32. The number of hydrogen-bond donors (Lipinski definition) is 0. The largest absolute Gasteiger partial charge is 0.416 e. The van der Waals surface area contributed by atoms with Crippen molar-refractivity contribution in [2.75, 3.05) is 0 Å². The molecule has 104 valence electrons. The van der Waals surface area contributed by atoms with Crippen LogP contribution in [0.4, 0.5) is 26.3 Å². The quantitative estimate of drug-likeness (QED) is 0.650. The van der Waals surface area contributed by atoms with Gasteiger partial charge >= 0.3 is 12.4 Å². The van der Waals surface area contributed by atoms with Gasteiger partial charge in [-0.15, -0.1) is 0 Å². The predicted molar refractivity (Wildman–Crippen MR) is 53.7 cm³/mol. The maximum absolute atomic E-state index is 12.8. The Kier molecular flexibility index (Phi) is 3.10. The highest BCUT2D eigenvalue weighted by Gasteiger charge is 2.40. The molecule has 1 aromatic rings. The third-order valence-electron chi connectivity index (χ3n) is 3.01. The van der Waals surface area contributed by atoms with Crippen molar-refractivity contribution >= 4 is 5.78 Å². The maximum Gasteiger partial charge on any atom is 0.416 e. The van der Waals surface area contributed by atoms with E-state index in [2.05, 4.69) is 0 Å². The maximum atomic E-state index is 12.8. The monoisotopic (exact) mass is 282 g/mol. The number of halogens is 6. The Morgan fingerprint density at radius 1 is 0.895 bits per heavy atom. The summed E-state index contributed by atoms with van der Waals surface area (Å²) in [4.78, 5) is 11.5. The molecule has 0 amide bonds. The topological polar surface area (TPSA) is 17.1 Å². The molecule has 0 N–H and O–H groups in total. The summed E-state index contributed by atoms with van der Waals surface area (Å²) >= 11 is 0. The van der Waals surface area contributed by atoms with Crippen LogP contribution in [0.15, 0.2) is 12.1 Å². The van der Waals surface area contributed by atoms with Crippen LogP contribution >= 0.6 is 0 Å². The van der Waals surface area contributed by atoms with Gasteiger partial charge in [0.15, 0.2) is 5.78 Å². The van der Waals surface area contributed by atoms with E-state index in [0.717, 1.165) is 0 Å². The fraction of sp³-hybridized carbons (Fsp3) is 0.417. The lowest BCUT2D eigenvalue weighted by Gasteiger charge is -2.22. The predicted octanol–water partition coefficient (Wildman–Crippen LogP) is 4.24. The van der Waals surface area contributed by atoms with E-state index >= 15 is 0 Å². The number of carbonyl (C=O) groups excluding carboxylic acids is 1. The standard InChI is InChI=1S/C12H8F6O/c13-11(14,15)6-4-8-7(2-1-3-10(8)19)9(5-6)12(16,17)18/h4-5H,1-3H2. The first-order valence-electron chi connectivity index (χ1n) is 5.45. The molecule has 0 bridgehead atoms. The number of Topliss-reactive ketones (excluding diaryl/α,β-unsaturated/α-hetero) is 1. The minimum Gasteiger partial charge on any atom is -0.294 e. The number of ketones is 1. The lowest BCUT2D eigenvalue weighted by molar-refractivity contribution is -0.143. The lowest BCUT2D eigenvalue weighted by atomic mass is 9.85. The van der Waals surface area contributed by atoms with Crippen molar-refractivity contribution in [1.82, 2.24) is 0 Å². The van der Waals surface area contributed by atoms with Crippen molar-refractivity contribution in [3.63, 3.8) is 0 Å². The van der Waals surface area contributed by atoms with Crippen molar-refractivity contribution in [1.29, 1.82) is 0 Å². The van der Waals surface area contributed by atoms with Gasteiger partial charge in [-0.3, -0.25) is 4.79 Å². The molecule has 1 aliphatic rings. The molecule has 0 radical (unpaired) electrons. The highest BCUT2D eigenvalue weighted by molar-refractivity contribution is 5.99. The van der Waals surface area contributed by atoms with Crippen LogP contribution < -0.4 is 0 Å². The van der Waals surface area contributed by atoms with Crippen molar-refractivity contribution in [2.45, 2.75) is 31.6 Å². The molecule has 1 nitrogen and oxygen atoms in total. The second kappa shape index (κ2) is 4.25. The fourth-order valence-corrected chi connectivity index (χ4v) is 2.17. The molecule has 0 heterocycles. The van der Waals surface area contributed by atoms with E-state index in [0.29, 0.717) is 6.07 Å². The van der Waals surface area contributed by atoms with E-state index in [4.69, 9.17) is 0 Å². The normalized spacial score (nSPS) is 16.4. The van der Waals surface area contributed by atoms with Gasteiger partial charge in [-0.05, 0) is 30.5 Å². The molecular formula is C12H8F6O. The highest BCUT2D eigenvalue weighted by atomic mass is 19.4. The molecule has 0 atom stereocenters. The number of fused-ring (bicyclic) bond motifs is 1. The smallest absolute Gasteiger partial charge is 0.294 e. The summed E-state index contributed by atoms with van der Waals surface area (Å²) < 4.78 is 76.1. The van der Waals surface area contributed by atoms with Gasteiger partial charge in [0.1, 0.15) is 0 Å². The first-order valence-corrected chi connectivity index (χ1v) is 5.45. The Hall–Kier alpha value is -1.53. The summed E-state index contributed by atoms with van der Waals surface area (Å²) in [5, 5.41) is 0. The van der Waals surface area contributed by atoms with Gasteiger partial charge < -0.3 is 0 Å². The third-order valence-corrected chi connectivity index (χ3v) is 3.01. The van der Waals surface area contributed by atoms with E-state index in [1.54, 1.807) is 0 Å². The van der Waals surface area contributed by atoms with Crippen molar-refractivity contribution in [3.8, 4) is 0 Å². The molecule has 1 aromatic carbocycles. The van der Waals surface area contributed by atoms with Crippen LogP contribution in [0, 0.1) is 0 Å². The average Bonchev–Trinajstić information content (AvgIpc) is 2.25. The molecule has 7 heteroatoms. The summed E-state index contributed by atoms with van der Waals surface area (Å²) in [6.07, 6.45) is -9.64. The molecule has 1 aliphatic carbocycles. The molecule has 0 unspecified atom stereocenters. The zero-order valence-electron chi connectivity index (χ0n) is 9.45. The van der Waals surface area contributed by atoms with Crippen LogP contribution in [0.5, 0.6) is 0 Å². The van der Waals surface area contributed by atoms with Crippen molar-refractivity contribution < 1.29 is 31.1 Å². The Morgan fingerprint density at radius 2 is 1.53 bits per heavy atom. The van der Waals surface area contributed by atoms with Crippen LogP contribution in [0.2, 0.25) is 0 Å². The third kappa shape index (κ3) is 2.59. The van der Waals surface area contributed by atoms with Crippen LogP contribution in [-0.2, 0) is 18.8 Å². The van der Waals surface area contributed by atoms with Gasteiger partial charge in [-0.25, -0.2) is 0 Å². The lowest BCUT2D eigenvalue weighted by Crippen LogP contribution is -2.20. The SMILES string of the molecule is O=C1CCCc2c1cc(C(F)(F)F)cc2C(F)(F)F. The molecule has 0 saturated heterocycles. The summed E-state index contributed by atoms with van der Waals surface area (Å²) in [7, 11) is 0. The molecular weight excluding hydrogens is 274 g/mol. The highest BCUT2D eigenvalue weighted by Crippen LogP contribution is 2.40. The van der Waals surface area contributed by atoms with Crippen LogP contribution in [0.3, 0.4) is 0 Å². The molecule has 0 aliphatic heterocycles. The zero-order chi connectivity index (χ0) is 14.4. The number of alkyl halides is 6. The van der Waals surface area contributed by atoms with E-state index in [1.165, 1.54) is 0 Å². The van der Waals surface area contributed by atoms with Crippen molar-refractivity contribution in [2.24, 2.45) is 0 Å².